The first-order valence-corrected chi connectivity index (χ1v) is 27.2. The van der Waals surface area contributed by atoms with Crippen LogP contribution in [0.3, 0.4) is 0 Å². The number of phosphoric ester groups is 2. The van der Waals surface area contributed by atoms with E-state index in [1.54, 1.807) is 0 Å². The van der Waals surface area contributed by atoms with Crippen molar-refractivity contribution in [2.75, 3.05) is 13.2 Å². The zero-order valence-electron chi connectivity index (χ0n) is 36.7. The molecule has 0 aliphatic heterocycles. The molecule has 10 unspecified atom stereocenters. The summed E-state index contributed by atoms with van der Waals surface area (Å²) in [5.41, 5.74) is 19.3. The van der Waals surface area contributed by atoms with Crippen LogP contribution in [0, 0.1) is 0 Å². The van der Waals surface area contributed by atoms with E-state index in [1.165, 1.54) is 66.8 Å². The minimum absolute atomic E-state index is 0.124. The van der Waals surface area contributed by atoms with Crippen LogP contribution in [0.5, 0.6) is 11.5 Å². The average molecular weight is 895 g/mol. The molecule has 2 N–H and O–H groups in total. The van der Waals surface area contributed by atoms with Crippen molar-refractivity contribution >= 4 is 15.6 Å². The average Bonchev–Trinajstić information content (AvgIpc) is 4.17. The highest BCUT2D eigenvalue weighted by atomic mass is 31.2. The van der Waals surface area contributed by atoms with Gasteiger partial charge in [-0.15, -0.1) is 0 Å². The van der Waals surface area contributed by atoms with Crippen molar-refractivity contribution in [1.29, 1.82) is 0 Å². The van der Waals surface area contributed by atoms with Gasteiger partial charge in [0, 0.05) is 69.6 Å². The van der Waals surface area contributed by atoms with Crippen LogP contribution >= 0.6 is 15.6 Å². The molecule has 10 heteroatoms. The molecule has 10 atom stereocenters. The molecular formula is C54H56O8P2. The van der Waals surface area contributed by atoms with Gasteiger partial charge in [0.2, 0.25) is 0 Å². The van der Waals surface area contributed by atoms with E-state index in [2.05, 4.69) is 86.6 Å². The van der Waals surface area contributed by atoms with Crippen LogP contribution in [0.25, 0.3) is 0 Å². The van der Waals surface area contributed by atoms with E-state index in [1.807, 2.05) is 0 Å². The standard InChI is InChI=1S/C54H56O8P2/c1-3-5-7-13-19-59-63(55,56)61-53-49-45-27-47(43-25-39-35-21-33(37(39)23-41(43)45)29-15-9-11-17-31(29)35)51(49)54(62-64(57,58)60-20-14-8-6-4-2)52-48-28-46(50(52)53)42-24-38-34-22-36(40(38)26-44(42)48)32-18-12-10-16-30(32)34/h9-12,15-18,23-26,33-36,45-48H,3-8,13-14,19-22,27-28H2,1-2H3,(H,55,56)(H,57,58). The van der Waals surface area contributed by atoms with Crippen molar-refractivity contribution in [2.45, 2.75) is 138 Å². The maximum atomic E-state index is 14.3. The van der Waals surface area contributed by atoms with Gasteiger partial charge in [-0.1, -0.05) is 125 Å². The van der Waals surface area contributed by atoms with E-state index >= 15 is 0 Å². The van der Waals surface area contributed by atoms with E-state index in [0.717, 1.165) is 86.5 Å². The van der Waals surface area contributed by atoms with Crippen molar-refractivity contribution in [3.8, 4) is 11.5 Å². The third-order valence-corrected chi connectivity index (χ3v) is 18.7. The molecule has 13 rings (SSSR count). The van der Waals surface area contributed by atoms with Gasteiger partial charge in [0.25, 0.3) is 0 Å². The van der Waals surface area contributed by atoms with Crippen molar-refractivity contribution in [2.24, 2.45) is 0 Å². The molecule has 0 saturated heterocycles. The van der Waals surface area contributed by atoms with Gasteiger partial charge in [0.1, 0.15) is 11.5 Å². The molecule has 8 bridgehead atoms. The van der Waals surface area contributed by atoms with Gasteiger partial charge in [0.05, 0.1) is 13.2 Å². The lowest BCUT2D eigenvalue weighted by Gasteiger charge is -2.33. The number of hydrogen-bond acceptors (Lipinski definition) is 6. The molecule has 0 saturated carbocycles. The van der Waals surface area contributed by atoms with E-state index in [4.69, 9.17) is 18.1 Å². The summed E-state index contributed by atoms with van der Waals surface area (Å²) >= 11 is 0. The highest BCUT2D eigenvalue weighted by Gasteiger charge is 2.56. The molecule has 8 aliphatic carbocycles. The van der Waals surface area contributed by atoms with Crippen molar-refractivity contribution in [3.05, 3.63) is 162 Å². The Balaban J connectivity index is 0.974. The molecule has 5 aromatic rings. The molecule has 0 radical (unpaired) electrons. The van der Waals surface area contributed by atoms with Crippen molar-refractivity contribution in [3.63, 3.8) is 0 Å². The Hall–Kier alpha value is -4.00. The molecule has 0 fully saturated rings. The van der Waals surface area contributed by atoms with Crippen LogP contribution in [-0.2, 0) is 18.2 Å². The fourth-order valence-corrected chi connectivity index (χ4v) is 16.0. The quantitative estimate of drug-likeness (QED) is 0.0744. The zero-order chi connectivity index (χ0) is 43.2. The molecule has 8 aliphatic rings. The third kappa shape index (κ3) is 5.82. The normalized spacial score (nSPS) is 27.3. The van der Waals surface area contributed by atoms with Crippen LogP contribution in [0.1, 0.15) is 227 Å². The maximum absolute atomic E-state index is 14.3. The lowest BCUT2D eigenvalue weighted by Crippen LogP contribution is -2.17. The van der Waals surface area contributed by atoms with Gasteiger partial charge in [-0.3, -0.25) is 18.8 Å². The minimum atomic E-state index is -4.61. The second kappa shape index (κ2) is 14.8. The van der Waals surface area contributed by atoms with E-state index < -0.39 is 15.6 Å². The second-order valence-electron chi connectivity index (χ2n) is 20.1. The fraction of sp³-hybridized carbons (Fsp3) is 0.444. The molecule has 64 heavy (non-hydrogen) atoms. The Morgan fingerprint density at radius 3 is 1.00 bits per heavy atom. The van der Waals surface area contributed by atoms with Gasteiger partial charge in [-0.25, -0.2) is 9.13 Å². The highest BCUT2D eigenvalue weighted by molar-refractivity contribution is 7.48. The van der Waals surface area contributed by atoms with E-state index in [-0.39, 0.29) is 36.9 Å². The summed E-state index contributed by atoms with van der Waals surface area (Å²) in [5, 5.41) is 0. The monoisotopic (exact) mass is 894 g/mol. The minimum Gasteiger partial charge on any atom is -0.403 e. The highest BCUT2D eigenvalue weighted by Crippen LogP contribution is 2.73. The maximum Gasteiger partial charge on any atom is 0.527 e. The molecule has 0 heterocycles. The van der Waals surface area contributed by atoms with Crippen molar-refractivity contribution in [1.82, 2.24) is 0 Å². The van der Waals surface area contributed by atoms with Gasteiger partial charge in [0.15, 0.2) is 0 Å². The first kappa shape index (κ1) is 40.3. The summed E-state index contributed by atoms with van der Waals surface area (Å²) in [6.45, 7) is 4.52. The largest absolute Gasteiger partial charge is 0.527 e. The number of fused-ring (bicyclic) bond motifs is 32. The molecule has 5 aromatic carbocycles. The van der Waals surface area contributed by atoms with Crippen molar-refractivity contribution < 1.29 is 37.0 Å². The van der Waals surface area contributed by atoms with Crippen LogP contribution in [0.2, 0.25) is 0 Å². The second-order valence-corrected chi connectivity index (χ2v) is 22.8. The summed E-state index contributed by atoms with van der Waals surface area (Å²) in [7, 11) is -9.22. The number of rotatable bonds is 16. The van der Waals surface area contributed by atoms with Crippen LogP contribution < -0.4 is 9.05 Å². The first-order chi connectivity index (χ1) is 31.1. The Bertz CT molecular complexity index is 2560. The molecule has 0 aromatic heterocycles. The van der Waals surface area contributed by atoms with Crippen LogP contribution in [0.15, 0.2) is 72.8 Å². The van der Waals surface area contributed by atoms with E-state index in [9.17, 15) is 18.9 Å². The Kier molecular flexibility index (Phi) is 9.29. The van der Waals surface area contributed by atoms with Gasteiger partial charge in [-0.2, -0.15) is 0 Å². The number of hydrogen-bond donors (Lipinski definition) is 2. The zero-order valence-corrected chi connectivity index (χ0v) is 38.5. The molecule has 8 nitrogen and oxygen atoms in total. The number of unbranched alkanes of at least 4 members (excludes halogenated alkanes) is 6. The number of phosphoric acid groups is 2. The summed E-state index contributed by atoms with van der Waals surface area (Å²) in [5.74, 6) is 1.61. The summed E-state index contributed by atoms with van der Waals surface area (Å²) in [4.78, 5) is 23.4. The first-order valence-electron chi connectivity index (χ1n) is 24.2. The topological polar surface area (TPSA) is 112 Å². The van der Waals surface area contributed by atoms with Gasteiger partial charge >= 0.3 is 15.6 Å². The van der Waals surface area contributed by atoms with Gasteiger partial charge < -0.3 is 9.05 Å². The summed E-state index contributed by atoms with van der Waals surface area (Å²) < 4.78 is 53.3. The summed E-state index contributed by atoms with van der Waals surface area (Å²) in [6, 6.07) is 27.4. The Morgan fingerprint density at radius 2 is 0.703 bits per heavy atom. The predicted octanol–water partition coefficient (Wildman–Crippen LogP) is 13.8. The van der Waals surface area contributed by atoms with Crippen LogP contribution in [-0.4, -0.2) is 23.0 Å². The lowest BCUT2D eigenvalue weighted by atomic mass is 9.74. The molecule has 0 amide bonds. The molecule has 330 valence electrons. The third-order valence-electron chi connectivity index (χ3n) is 16.8. The van der Waals surface area contributed by atoms with Gasteiger partial charge in [-0.05, 0) is 105 Å². The van der Waals surface area contributed by atoms with E-state index in [0.29, 0.717) is 48.0 Å². The SMILES string of the molecule is CCCCCCOP(=O)(O)Oc1c2c(c(OP(=O)(O)OCCCCCC)c3c1C1CC3c3cc4c(cc31)C1CC4c3ccccc31)C1CC2c2cc3c(cc21)C1CC3c2ccccc21. The van der Waals surface area contributed by atoms with Crippen LogP contribution in [0.4, 0.5) is 0 Å². The Morgan fingerprint density at radius 1 is 0.422 bits per heavy atom. The Labute approximate surface area is 376 Å². The smallest absolute Gasteiger partial charge is 0.403 e. The molecule has 0 spiro atoms. The molecular weight excluding hydrogens is 839 g/mol. The fourth-order valence-electron chi connectivity index (χ4n) is 14.3. The lowest BCUT2D eigenvalue weighted by molar-refractivity contribution is 0.195. The summed E-state index contributed by atoms with van der Waals surface area (Å²) in [6.07, 6.45) is 10.9. The predicted molar refractivity (Wildman–Crippen MR) is 247 cm³/mol. The number of benzene rings is 5.